The number of aromatic nitrogens is 1. The first kappa shape index (κ1) is 25.2. The fourth-order valence-electron chi connectivity index (χ4n) is 4.20. The van der Waals surface area contributed by atoms with Crippen molar-refractivity contribution in [1.82, 2.24) is 9.71 Å². The second-order valence-corrected chi connectivity index (χ2v) is 9.68. The highest BCUT2D eigenvalue weighted by Crippen LogP contribution is 2.32. The zero-order valence-electron chi connectivity index (χ0n) is 19.3. The molecule has 0 bridgehead atoms. The number of ether oxygens (including phenoxy) is 1. The standard InChI is InChI=1S/C23H30ClN3O.C2H7NS/c24-22-16-26-23(27-19-6-2-1-3-7-19)14-21(22)18-5-4-8-20(13-18)25-15-17-9-11-28-12-10-17;1-3-4-2/h4-5,8,13-14,16-17,19,25H,1-3,6-7,9-12,15H2,(H,26,27);3H,1-2H3. The average Bonchev–Trinajstić information content (AvgIpc) is 2.85. The van der Waals surface area contributed by atoms with Crippen LogP contribution in [-0.4, -0.2) is 44.1 Å². The van der Waals surface area contributed by atoms with Gasteiger partial charge in [0, 0.05) is 43.2 Å². The molecule has 176 valence electrons. The van der Waals surface area contributed by atoms with Crippen LogP contribution in [0.15, 0.2) is 36.5 Å². The molecule has 0 spiro atoms. The molecule has 4 rings (SSSR count). The molecule has 0 unspecified atom stereocenters. The van der Waals surface area contributed by atoms with Gasteiger partial charge in [0.25, 0.3) is 0 Å². The van der Waals surface area contributed by atoms with E-state index >= 15 is 0 Å². The van der Waals surface area contributed by atoms with E-state index in [1.807, 2.05) is 13.3 Å². The van der Waals surface area contributed by atoms with Crippen LogP contribution in [0.5, 0.6) is 0 Å². The van der Waals surface area contributed by atoms with E-state index in [2.05, 4.69) is 50.7 Å². The fourth-order valence-corrected chi connectivity index (χ4v) is 4.42. The van der Waals surface area contributed by atoms with E-state index in [9.17, 15) is 0 Å². The summed E-state index contributed by atoms with van der Waals surface area (Å²) in [4.78, 5) is 4.51. The fraction of sp³-hybridized carbons (Fsp3) is 0.560. The third kappa shape index (κ3) is 8.14. The highest BCUT2D eigenvalue weighted by atomic mass is 35.5. The molecule has 2 aromatic rings. The Hall–Kier alpha value is -1.47. The molecule has 2 aliphatic rings. The van der Waals surface area contributed by atoms with E-state index in [0.717, 1.165) is 55.2 Å². The highest BCUT2D eigenvalue weighted by molar-refractivity contribution is 7.96. The summed E-state index contributed by atoms with van der Waals surface area (Å²) < 4.78 is 8.30. The lowest BCUT2D eigenvalue weighted by molar-refractivity contribution is 0.0699. The normalized spacial score (nSPS) is 17.3. The molecule has 0 amide bonds. The molecule has 5 nitrogen and oxygen atoms in total. The lowest BCUT2D eigenvalue weighted by Gasteiger charge is -2.23. The van der Waals surface area contributed by atoms with Gasteiger partial charge in [0.2, 0.25) is 0 Å². The number of benzene rings is 1. The molecule has 2 heterocycles. The van der Waals surface area contributed by atoms with Gasteiger partial charge in [-0.15, -0.1) is 0 Å². The third-order valence-corrected chi connectivity index (χ3v) is 6.84. The topological polar surface area (TPSA) is 58.2 Å². The van der Waals surface area contributed by atoms with Crippen molar-refractivity contribution in [2.45, 2.75) is 51.0 Å². The molecule has 1 aliphatic carbocycles. The van der Waals surface area contributed by atoms with Crippen molar-refractivity contribution in [2.75, 3.05) is 43.7 Å². The summed E-state index contributed by atoms with van der Waals surface area (Å²) in [7, 11) is 1.89. The van der Waals surface area contributed by atoms with Crippen molar-refractivity contribution < 1.29 is 4.74 Å². The molecule has 0 atom stereocenters. The molecule has 1 aromatic heterocycles. The summed E-state index contributed by atoms with van der Waals surface area (Å²) >= 11 is 8.11. The first-order valence-electron chi connectivity index (χ1n) is 11.7. The predicted octanol–water partition coefficient (Wildman–Crippen LogP) is 6.47. The summed E-state index contributed by atoms with van der Waals surface area (Å²) in [5.74, 6) is 1.61. The summed E-state index contributed by atoms with van der Waals surface area (Å²) in [6, 6.07) is 11.1. The minimum absolute atomic E-state index is 0.530. The molecule has 1 saturated heterocycles. The van der Waals surface area contributed by atoms with Gasteiger partial charge < -0.3 is 15.4 Å². The van der Waals surface area contributed by atoms with Crippen molar-refractivity contribution in [3.8, 4) is 11.1 Å². The van der Waals surface area contributed by atoms with Crippen molar-refractivity contribution in [3.63, 3.8) is 0 Å². The second-order valence-electron chi connectivity index (χ2n) is 8.45. The van der Waals surface area contributed by atoms with Crippen LogP contribution in [0.3, 0.4) is 0 Å². The summed E-state index contributed by atoms with van der Waals surface area (Å²) in [6.07, 6.45) is 12.4. The van der Waals surface area contributed by atoms with E-state index in [-0.39, 0.29) is 0 Å². The Morgan fingerprint density at radius 2 is 1.84 bits per heavy atom. The van der Waals surface area contributed by atoms with Crippen molar-refractivity contribution in [2.24, 2.45) is 5.92 Å². The van der Waals surface area contributed by atoms with Crippen LogP contribution < -0.4 is 15.4 Å². The predicted molar refractivity (Wildman–Crippen MR) is 140 cm³/mol. The minimum Gasteiger partial charge on any atom is -0.385 e. The molecule has 32 heavy (non-hydrogen) atoms. The van der Waals surface area contributed by atoms with Gasteiger partial charge in [0.15, 0.2) is 0 Å². The van der Waals surface area contributed by atoms with Crippen molar-refractivity contribution >= 4 is 35.1 Å². The van der Waals surface area contributed by atoms with Crippen LogP contribution in [-0.2, 0) is 4.74 Å². The lowest BCUT2D eigenvalue weighted by atomic mass is 9.95. The number of hydrogen-bond acceptors (Lipinski definition) is 6. The van der Waals surface area contributed by atoms with Crippen LogP contribution >= 0.6 is 23.5 Å². The monoisotopic (exact) mass is 476 g/mol. The van der Waals surface area contributed by atoms with Crippen LogP contribution in [0.4, 0.5) is 11.5 Å². The minimum atomic E-state index is 0.530. The van der Waals surface area contributed by atoms with Gasteiger partial charge in [0.1, 0.15) is 5.82 Å². The number of nitrogens with zero attached hydrogens (tertiary/aromatic N) is 1. The Bertz CT molecular complexity index is 808. The number of hydrogen-bond donors (Lipinski definition) is 3. The second kappa shape index (κ2) is 13.9. The maximum atomic E-state index is 6.50. The molecule has 1 saturated carbocycles. The largest absolute Gasteiger partial charge is 0.385 e. The number of nitrogens with one attached hydrogen (secondary N) is 3. The molecule has 2 fully saturated rings. The van der Waals surface area contributed by atoms with E-state index in [4.69, 9.17) is 16.3 Å². The number of rotatable bonds is 7. The maximum absolute atomic E-state index is 6.50. The molecule has 3 N–H and O–H groups in total. The van der Waals surface area contributed by atoms with Gasteiger partial charge in [-0.1, -0.05) is 54.9 Å². The zero-order valence-corrected chi connectivity index (χ0v) is 20.9. The number of halogens is 1. The van der Waals surface area contributed by atoms with Crippen molar-refractivity contribution in [1.29, 1.82) is 0 Å². The van der Waals surface area contributed by atoms with Gasteiger partial charge >= 0.3 is 0 Å². The SMILES string of the molecule is CNSC.Clc1cnc(NC2CCCCC2)cc1-c1cccc(NCC2CCOCC2)c1. The van der Waals surface area contributed by atoms with Crippen LogP contribution in [0.25, 0.3) is 11.1 Å². The molecule has 0 radical (unpaired) electrons. The third-order valence-electron chi connectivity index (χ3n) is 6.13. The molecular formula is C25H37ClN4OS. The summed E-state index contributed by atoms with van der Waals surface area (Å²) in [5.41, 5.74) is 3.29. The first-order valence-corrected chi connectivity index (χ1v) is 13.3. The van der Waals surface area contributed by atoms with Crippen molar-refractivity contribution in [3.05, 3.63) is 41.6 Å². The van der Waals surface area contributed by atoms with E-state index in [1.54, 1.807) is 18.1 Å². The van der Waals surface area contributed by atoms with E-state index in [1.165, 1.54) is 32.1 Å². The summed E-state index contributed by atoms with van der Waals surface area (Å²) in [6.45, 7) is 2.76. The van der Waals surface area contributed by atoms with Crippen LogP contribution in [0.1, 0.15) is 44.9 Å². The first-order chi connectivity index (χ1) is 15.7. The quantitative estimate of drug-likeness (QED) is 0.398. The highest BCUT2D eigenvalue weighted by Gasteiger charge is 2.16. The Labute approximate surface area is 202 Å². The van der Waals surface area contributed by atoms with Gasteiger partial charge in [-0.3, -0.25) is 4.72 Å². The molecule has 1 aliphatic heterocycles. The van der Waals surface area contributed by atoms with E-state index in [0.29, 0.717) is 17.0 Å². The zero-order chi connectivity index (χ0) is 22.6. The Kier molecular flexibility index (Phi) is 11.0. The lowest BCUT2D eigenvalue weighted by Crippen LogP contribution is -2.22. The Balaban J connectivity index is 0.000000668. The number of anilines is 2. The summed E-state index contributed by atoms with van der Waals surface area (Å²) in [5, 5.41) is 7.89. The average molecular weight is 477 g/mol. The Morgan fingerprint density at radius 3 is 2.56 bits per heavy atom. The van der Waals surface area contributed by atoms with Gasteiger partial charge in [-0.25, -0.2) is 4.98 Å². The van der Waals surface area contributed by atoms with Crippen LogP contribution in [0, 0.1) is 5.92 Å². The number of pyridine rings is 1. The smallest absolute Gasteiger partial charge is 0.126 e. The molecule has 7 heteroatoms. The van der Waals surface area contributed by atoms with E-state index < -0.39 is 0 Å². The maximum Gasteiger partial charge on any atom is 0.126 e. The van der Waals surface area contributed by atoms with Gasteiger partial charge in [-0.05, 0) is 68.7 Å². The van der Waals surface area contributed by atoms with Gasteiger partial charge in [0.05, 0.1) is 5.02 Å². The van der Waals surface area contributed by atoms with Crippen LogP contribution in [0.2, 0.25) is 5.02 Å². The molecule has 1 aromatic carbocycles. The van der Waals surface area contributed by atoms with Gasteiger partial charge in [-0.2, -0.15) is 0 Å². The Morgan fingerprint density at radius 1 is 1.09 bits per heavy atom. The molecular weight excluding hydrogens is 440 g/mol.